The van der Waals surface area contributed by atoms with E-state index in [1.54, 1.807) is 0 Å². The Balaban J connectivity index is 1.57. The molecule has 0 saturated carbocycles. The second-order valence-electron chi connectivity index (χ2n) is 8.24. The summed E-state index contributed by atoms with van der Waals surface area (Å²) >= 11 is 0. The van der Waals surface area contributed by atoms with Gasteiger partial charge in [-0.2, -0.15) is 5.26 Å². The topological polar surface area (TPSA) is 73.4 Å². The number of aryl methyl sites for hydroxylation is 1. The molecule has 0 atom stereocenters. The van der Waals surface area contributed by atoms with E-state index in [2.05, 4.69) is 33.8 Å². The van der Waals surface area contributed by atoms with Crippen molar-refractivity contribution < 1.29 is 9.84 Å². The number of aromatic nitrogens is 1. The van der Waals surface area contributed by atoms with Crippen LogP contribution in [0.1, 0.15) is 31.7 Å². The van der Waals surface area contributed by atoms with E-state index in [9.17, 15) is 5.26 Å². The van der Waals surface area contributed by atoms with E-state index in [0.717, 1.165) is 53.1 Å². The van der Waals surface area contributed by atoms with Crippen molar-refractivity contribution >= 4 is 16.6 Å². The molecule has 6 nitrogen and oxygen atoms in total. The number of anilines is 1. The van der Waals surface area contributed by atoms with E-state index >= 15 is 0 Å². The van der Waals surface area contributed by atoms with Gasteiger partial charge in [-0.25, -0.2) is 0 Å². The third-order valence-corrected chi connectivity index (χ3v) is 6.15. The van der Waals surface area contributed by atoms with Crippen LogP contribution >= 0.6 is 0 Å². The third-order valence-electron chi connectivity index (χ3n) is 6.15. The second-order valence-corrected chi connectivity index (χ2v) is 8.24. The van der Waals surface area contributed by atoms with Crippen LogP contribution in [0.25, 0.3) is 22.2 Å². The SMILES string of the molecule is CCn1c(-c2ccc(NCCO)cc2)c(C#N)c2ccc(OCCCN3CCCC3)cc21. The molecule has 1 aliphatic heterocycles. The molecule has 0 bridgehead atoms. The zero-order chi connectivity index (χ0) is 22.3. The lowest BCUT2D eigenvalue weighted by atomic mass is 10.1. The number of ether oxygens (including phenoxy) is 1. The Labute approximate surface area is 190 Å². The summed E-state index contributed by atoms with van der Waals surface area (Å²) in [4.78, 5) is 2.50. The minimum atomic E-state index is 0.0903. The molecule has 1 aliphatic rings. The van der Waals surface area contributed by atoms with Crippen LogP contribution in [0.4, 0.5) is 5.69 Å². The minimum absolute atomic E-state index is 0.0903. The highest BCUT2D eigenvalue weighted by molar-refractivity contribution is 5.95. The zero-order valence-corrected chi connectivity index (χ0v) is 18.8. The van der Waals surface area contributed by atoms with Gasteiger partial charge in [0.2, 0.25) is 0 Å². The molecule has 0 aliphatic carbocycles. The van der Waals surface area contributed by atoms with E-state index < -0.39 is 0 Å². The number of hydrogen-bond acceptors (Lipinski definition) is 5. The summed E-state index contributed by atoms with van der Waals surface area (Å²) in [5.41, 5.74) is 4.61. The van der Waals surface area contributed by atoms with Crippen molar-refractivity contribution in [3.63, 3.8) is 0 Å². The third kappa shape index (κ3) is 4.74. The highest BCUT2D eigenvalue weighted by atomic mass is 16.5. The summed E-state index contributed by atoms with van der Waals surface area (Å²) in [7, 11) is 0. The number of aliphatic hydroxyl groups is 1. The summed E-state index contributed by atoms with van der Waals surface area (Å²) in [5, 5.41) is 23.1. The standard InChI is InChI=1S/C26H32N4O2/c1-2-30-25-18-22(32-17-5-15-29-13-3-4-14-29)10-11-23(25)24(19-27)26(30)20-6-8-21(9-7-20)28-12-16-31/h6-11,18,28,31H,2-5,12-17H2,1H3. The maximum Gasteiger partial charge on any atom is 0.121 e. The Bertz CT molecular complexity index is 1080. The fourth-order valence-electron chi connectivity index (χ4n) is 4.59. The Morgan fingerprint density at radius 2 is 1.91 bits per heavy atom. The first-order valence-corrected chi connectivity index (χ1v) is 11.6. The Morgan fingerprint density at radius 3 is 2.59 bits per heavy atom. The number of likely N-dealkylation sites (tertiary alicyclic amines) is 1. The molecule has 2 aromatic carbocycles. The molecule has 2 heterocycles. The lowest BCUT2D eigenvalue weighted by Gasteiger charge is -2.14. The van der Waals surface area contributed by atoms with Crippen molar-refractivity contribution in [3.05, 3.63) is 48.0 Å². The molecule has 1 saturated heterocycles. The number of fused-ring (bicyclic) bond motifs is 1. The van der Waals surface area contributed by atoms with Gasteiger partial charge in [0.1, 0.15) is 11.8 Å². The van der Waals surface area contributed by atoms with Gasteiger partial charge in [-0.15, -0.1) is 0 Å². The van der Waals surface area contributed by atoms with E-state index in [1.807, 2.05) is 36.4 Å². The molecule has 6 heteroatoms. The van der Waals surface area contributed by atoms with Crippen LogP contribution in [0.5, 0.6) is 5.75 Å². The van der Waals surface area contributed by atoms with Gasteiger partial charge in [0.05, 0.1) is 30.0 Å². The Hall–Kier alpha value is -3.01. The predicted octanol–water partition coefficient (Wildman–Crippen LogP) is 4.47. The molecule has 2 N–H and O–H groups in total. The van der Waals surface area contributed by atoms with E-state index in [1.165, 1.54) is 25.9 Å². The summed E-state index contributed by atoms with van der Waals surface area (Å²) < 4.78 is 8.26. The van der Waals surface area contributed by atoms with Gasteiger partial charge in [0, 0.05) is 36.8 Å². The molecular weight excluding hydrogens is 400 g/mol. The highest BCUT2D eigenvalue weighted by Crippen LogP contribution is 2.35. The molecule has 1 fully saturated rings. The van der Waals surface area contributed by atoms with E-state index in [0.29, 0.717) is 18.7 Å². The molecule has 4 rings (SSSR count). The lowest BCUT2D eigenvalue weighted by Crippen LogP contribution is -2.21. The number of benzene rings is 2. The lowest BCUT2D eigenvalue weighted by molar-refractivity contribution is 0.263. The van der Waals surface area contributed by atoms with Crippen molar-refractivity contribution in [3.8, 4) is 23.1 Å². The normalized spacial score (nSPS) is 14.0. The first kappa shape index (κ1) is 22.2. The molecule has 32 heavy (non-hydrogen) atoms. The van der Waals surface area contributed by atoms with Gasteiger partial charge >= 0.3 is 0 Å². The van der Waals surface area contributed by atoms with Crippen LogP contribution in [0, 0.1) is 11.3 Å². The van der Waals surface area contributed by atoms with Crippen LogP contribution in [0.2, 0.25) is 0 Å². The molecule has 0 amide bonds. The van der Waals surface area contributed by atoms with Crippen LogP contribution < -0.4 is 10.1 Å². The highest BCUT2D eigenvalue weighted by Gasteiger charge is 2.18. The van der Waals surface area contributed by atoms with Gasteiger partial charge in [-0.1, -0.05) is 12.1 Å². The average molecular weight is 433 g/mol. The molecule has 168 valence electrons. The predicted molar refractivity (Wildman–Crippen MR) is 129 cm³/mol. The van der Waals surface area contributed by atoms with Crippen molar-refractivity contribution in [2.24, 2.45) is 0 Å². The summed E-state index contributed by atoms with van der Waals surface area (Å²) in [6.07, 6.45) is 3.66. The zero-order valence-electron chi connectivity index (χ0n) is 18.8. The summed E-state index contributed by atoms with van der Waals surface area (Å²) in [5.74, 6) is 0.853. The van der Waals surface area contributed by atoms with Gasteiger partial charge in [0.15, 0.2) is 0 Å². The van der Waals surface area contributed by atoms with Crippen LogP contribution in [-0.4, -0.2) is 54.0 Å². The van der Waals surface area contributed by atoms with Crippen LogP contribution in [0.15, 0.2) is 42.5 Å². The number of nitriles is 1. The van der Waals surface area contributed by atoms with Crippen LogP contribution in [-0.2, 0) is 6.54 Å². The second kappa shape index (κ2) is 10.5. The summed E-state index contributed by atoms with van der Waals surface area (Å²) in [6, 6.07) is 16.5. The fraction of sp³-hybridized carbons (Fsp3) is 0.423. The Kier molecular flexibility index (Phi) is 7.31. The maximum atomic E-state index is 9.96. The van der Waals surface area contributed by atoms with Gasteiger partial charge in [-0.05, 0) is 69.1 Å². The van der Waals surface area contributed by atoms with E-state index in [-0.39, 0.29) is 6.61 Å². The Morgan fingerprint density at radius 1 is 1.12 bits per heavy atom. The maximum absolute atomic E-state index is 9.96. The largest absolute Gasteiger partial charge is 0.493 e. The van der Waals surface area contributed by atoms with Crippen molar-refractivity contribution in [2.75, 3.05) is 44.7 Å². The molecule has 0 spiro atoms. The minimum Gasteiger partial charge on any atom is -0.493 e. The van der Waals surface area contributed by atoms with E-state index in [4.69, 9.17) is 9.84 Å². The van der Waals surface area contributed by atoms with Gasteiger partial charge in [-0.3, -0.25) is 0 Å². The van der Waals surface area contributed by atoms with Crippen molar-refractivity contribution in [1.82, 2.24) is 9.47 Å². The number of nitrogens with zero attached hydrogens (tertiary/aromatic N) is 3. The fourth-order valence-corrected chi connectivity index (χ4v) is 4.59. The first-order valence-electron chi connectivity index (χ1n) is 11.6. The average Bonchev–Trinajstić information content (AvgIpc) is 3.46. The number of hydrogen-bond donors (Lipinski definition) is 2. The quantitative estimate of drug-likeness (QED) is 0.463. The van der Waals surface area contributed by atoms with Crippen molar-refractivity contribution in [2.45, 2.75) is 32.7 Å². The molecule has 0 unspecified atom stereocenters. The molecular formula is C26H32N4O2. The van der Waals surface area contributed by atoms with Gasteiger partial charge in [0.25, 0.3) is 0 Å². The van der Waals surface area contributed by atoms with Gasteiger partial charge < -0.3 is 24.6 Å². The van der Waals surface area contributed by atoms with Crippen LogP contribution in [0.3, 0.4) is 0 Å². The number of rotatable bonds is 10. The molecule has 3 aromatic rings. The number of nitrogens with one attached hydrogen (secondary N) is 1. The first-order chi connectivity index (χ1) is 15.7. The summed E-state index contributed by atoms with van der Waals surface area (Å²) in [6.45, 7) is 7.70. The number of aliphatic hydroxyl groups excluding tert-OH is 1. The smallest absolute Gasteiger partial charge is 0.121 e. The monoisotopic (exact) mass is 432 g/mol. The molecule has 1 aromatic heterocycles. The molecule has 0 radical (unpaired) electrons. The van der Waals surface area contributed by atoms with Crippen molar-refractivity contribution in [1.29, 1.82) is 5.26 Å².